The Balaban J connectivity index is 2.48. The molecule has 0 radical (unpaired) electrons. The van der Waals surface area contributed by atoms with Crippen molar-refractivity contribution in [2.24, 2.45) is 0 Å². The van der Waals surface area contributed by atoms with Crippen molar-refractivity contribution >= 4 is 10.9 Å². The Morgan fingerprint density at radius 3 is 3.00 bits per heavy atom. The summed E-state index contributed by atoms with van der Waals surface area (Å²) in [6, 6.07) is 9.83. The number of pyridine rings is 1. The SMILES string of the molecule is C=CCOc1cccc2cccnc12. The van der Waals surface area contributed by atoms with E-state index in [0.717, 1.165) is 16.7 Å². The van der Waals surface area contributed by atoms with Gasteiger partial charge < -0.3 is 4.74 Å². The number of benzene rings is 1. The van der Waals surface area contributed by atoms with Crippen LogP contribution in [0.2, 0.25) is 0 Å². The topological polar surface area (TPSA) is 22.1 Å². The minimum absolute atomic E-state index is 0.510. The molecule has 0 aliphatic heterocycles. The summed E-state index contributed by atoms with van der Waals surface area (Å²) in [4.78, 5) is 4.27. The van der Waals surface area contributed by atoms with Crippen LogP contribution >= 0.6 is 0 Å². The summed E-state index contributed by atoms with van der Waals surface area (Å²) in [6.45, 7) is 4.12. The number of para-hydroxylation sites is 1. The van der Waals surface area contributed by atoms with Crippen LogP contribution in [0, 0.1) is 0 Å². The van der Waals surface area contributed by atoms with Crippen LogP contribution in [-0.2, 0) is 0 Å². The van der Waals surface area contributed by atoms with Crippen LogP contribution in [0.1, 0.15) is 0 Å². The molecule has 0 saturated heterocycles. The molecule has 14 heavy (non-hydrogen) atoms. The van der Waals surface area contributed by atoms with Crippen molar-refractivity contribution in [3.05, 3.63) is 49.2 Å². The third-order valence-electron chi connectivity index (χ3n) is 1.95. The van der Waals surface area contributed by atoms with E-state index in [1.807, 2.05) is 30.3 Å². The van der Waals surface area contributed by atoms with Crippen LogP contribution in [0.15, 0.2) is 49.2 Å². The molecule has 2 rings (SSSR count). The zero-order valence-corrected chi connectivity index (χ0v) is 7.81. The lowest BCUT2D eigenvalue weighted by Gasteiger charge is -2.05. The summed E-state index contributed by atoms with van der Waals surface area (Å²) in [5.41, 5.74) is 0.900. The van der Waals surface area contributed by atoms with Gasteiger partial charge in [-0.1, -0.05) is 30.9 Å². The monoisotopic (exact) mass is 185 g/mol. The van der Waals surface area contributed by atoms with Crippen molar-refractivity contribution in [2.45, 2.75) is 0 Å². The van der Waals surface area contributed by atoms with Gasteiger partial charge in [-0.05, 0) is 12.1 Å². The largest absolute Gasteiger partial charge is 0.487 e. The molecule has 2 aromatic rings. The van der Waals surface area contributed by atoms with Gasteiger partial charge in [0.25, 0.3) is 0 Å². The van der Waals surface area contributed by atoms with Gasteiger partial charge >= 0.3 is 0 Å². The second-order valence-electron chi connectivity index (χ2n) is 2.93. The highest BCUT2D eigenvalue weighted by atomic mass is 16.5. The third kappa shape index (κ3) is 1.59. The molecule has 0 fully saturated rings. The molecule has 0 atom stereocenters. The highest BCUT2D eigenvalue weighted by Crippen LogP contribution is 2.22. The van der Waals surface area contributed by atoms with E-state index in [2.05, 4.69) is 11.6 Å². The number of aromatic nitrogens is 1. The first kappa shape index (κ1) is 8.75. The van der Waals surface area contributed by atoms with Crippen LogP contribution in [0.4, 0.5) is 0 Å². The van der Waals surface area contributed by atoms with Gasteiger partial charge in [0, 0.05) is 11.6 Å². The molecule has 0 amide bonds. The van der Waals surface area contributed by atoms with Crippen molar-refractivity contribution in [2.75, 3.05) is 6.61 Å². The van der Waals surface area contributed by atoms with Crippen molar-refractivity contribution in [3.63, 3.8) is 0 Å². The summed E-state index contributed by atoms with van der Waals surface area (Å²) >= 11 is 0. The van der Waals surface area contributed by atoms with Gasteiger partial charge in [-0.15, -0.1) is 0 Å². The molecule has 2 nitrogen and oxygen atoms in total. The first-order valence-electron chi connectivity index (χ1n) is 4.49. The maximum Gasteiger partial charge on any atom is 0.145 e. The molecule has 0 bridgehead atoms. The molecule has 0 unspecified atom stereocenters. The third-order valence-corrected chi connectivity index (χ3v) is 1.95. The summed E-state index contributed by atoms with van der Waals surface area (Å²) in [7, 11) is 0. The molecule has 0 aliphatic carbocycles. The normalized spacial score (nSPS) is 10.0. The summed E-state index contributed by atoms with van der Waals surface area (Å²) < 4.78 is 5.49. The van der Waals surface area contributed by atoms with E-state index in [0.29, 0.717) is 6.61 Å². The van der Waals surface area contributed by atoms with E-state index in [-0.39, 0.29) is 0 Å². The Hall–Kier alpha value is -1.83. The Kier molecular flexibility index (Phi) is 2.45. The molecule has 1 aromatic heterocycles. The van der Waals surface area contributed by atoms with Crippen LogP contribution in [0.25, 0.3) is 10.9 Å². The van der Waals surface area contributed by atoms with Crippen LogP contribution in [0.5, 0.6) is 5.75 Å². The second-order valence-corrected chi connectivity index (χ2v) is 2.93. The van der Waals surface area contributed by atoms with Gasteiger partial charge in [0.1, 0.15) is 17.9 Å². The zero-order valence-electron chi connectivity index (χ0n) is 7.81. The lowest BCUT2D eigenvalue weighted by Crippen LogP contribution is -1.94. The smallest absolute Gasteiger partial charge is 0.145 e. The van der Waals surface area contributed by atoms with Crippen molar-refractivity contribution in [1.82, 2.24) is 4.98 Å². The fraction of sp³-hybridized carbons (Fsp3) is 0.0833. The molecule has 0 spiro atoms. The van der Waals surface area contributed by atoms with Crippen LogP contribution in [0.3, 0.4) is 0 Å². The fourth-order valence-electron chi connectivity index (χ4n) is 1.34. The van der Waals surface area contributed by atoms with E-state index in [1.54, 1.807) is 12.3 Å². The minimum Gasteiger partial charge on any atom is -0.487 e. The van der Waals surface area contributed by atoms with Gasteiger partial charge in [-0.3, -0.25) is 4.98 Å². The summed E-state index contributed by atoms with van der Waals surface area (Å²) in [6.07, 6.45) is 3.49. The molecular weight excluding hydrogens is 174 g/mol. The van der Waals surface area contributed by atoms with Gasteiger partial charge in [0.15, 0.2) is 0 Å². The van der Waals surface area contributed by atoms with E-state index < -0.39 is 0 Å². The molecular formula is C12H11NO. The van der Waals surface area contributed by atoms with E-state index >= 15 is 0 Å². The number of fused-ring (bicyclic) bond motifs is 1. The average molecular weight is 185 g/mol. The van der Waals surface area contributed by atoms with Crippen molar-refractivity contribution < 1.29 is 4.74 Å². The van der Waals surface area contributed by atoms with E-state index in [1.165, 1.54) is 0 Å². The second kappa shape index (κ2) is 3.92. The van der Waals surface area contributed by atoms with Crippen molar-refractivity contribution in [3.8, 4) is 5.75 Å². The number of ether oxygens (including phenoxy) is 1. The van der Waals surface area contributed by atoms with Crippen LogP contribution < -0.4 is 4.74 Å². The van der Waals surface area contributed by atoms with E-state index in [9.17, 15) is 0 Å². The molecule has 1 heterocycles. The summed E-state index contributed by atoms with van der Waals surface area (Å²) in [5, 5.41) is 1.09. The standard InChI is InChI=1S/C12H11NO/c1-2-9-14-11-7-3-5-10-6-4-8-13-12(10)11/h2-8H,1,9H2. The lowest BCUT2D eigenvalue weighted by atomic mass is 10.2. The van der Waals surface area contributed by atoms with Gasteiger partial charge in [0.2, 0.25) is 0 Å². The number of hydrogen-bond donors (Lipinski definition) is 0. The number of nitrogens with zero attached hydrogens (tertiary/aromatic N) is 1. The predicted molar refractivity (Wildman–Crippen MR) is 57.4 cm³/mol. The van der Waals surface area contributed by atoms with Gasteiger partial charge in [0.05, 0.1) is 0 Å². The van der Waals surface area contributed by atoms with Gasteiger partial charge in [-0.25, -0.2) is 0 Å². The first-order chi connectivity index (χ1) is 6.92. The average Bonchev–Trinajstić information content (AvgIpc) is 2.26. The minimum atomic E-state index is 0.510. The summed E-state index contributed by atoms with van der Waals surface area (Å²) in [5.74, 6) is 0.808. The number of hydrogen-bond acceptors (Lipinski definition) is 2. The highest BCUT2D eigenvalue weighted by molar-refractivity contribution is 5.84. The highest BCUT2D eigenvalue weighted by Gasteiger charge is 2.00. The molecule has 2 heteroatoms. The molecule has 1 aromatic carbocycles. The fourth-order valence-corrected chi connectivity index (χ4v) is 1.34. The molecule has 0 N–H and O–H groups in total. The van der Waals surface area contributed by atoms with Crippen molar-refractivity contribution in [1.29, 1.82) is 0 Å². The first-order valence-corrected chi connectivity index (χ1v) is 4.49. The molecule has 0 saturated carbocycles. The van der Waals surface area contributed by atoms with Gasteiger partial charge in [-0.2, -0.15) is 0 Å². The quantitative estimate of drug-likeness (QED) is 0.686. The Morgan fingerprint density at radius 1 is 1.29 bits per heavy atom. The predicted octanol–water partition coefficient (Wildman–Crippen LogP) is 2.80. The zero-order chi connectivity index (χ0) is 9.80. The molecule has 0 aliphatic rings. The Labute approximate surface area is 82.9 Å². The molecule has 70 valence electrons. The lowest BCUT2D eigenvalue weighted by molar-refractivity contribution is 0.367. The maximum absolute atomic E-state index is 5.49. The Morgan fingerprint density at radius 2 is 2.14 bits per heavy atom. The Bertz CT molecular complexity index is 446. The maximum atomic E-state index is 5.49. The van der Waals surface area contributed by atoms with E-state index in [4.69, 9.17) is 4.74 Å². The number of rotatable bonds is 3. The van der Waals surface area contributed by atoms with Crippen LogP contribution in [-0.4, -0.2) is 11.6 Å².